The molecular formula is C32H32F2N6O5. The predicted octanol–water partition coefficient (Wildman–Crippen LogP) is 3.73. The van der Waals surface area contributed by atoms with Crippen LogP contribution in [0.5, 0.6) is 0 Å². The number of nitrogens with zero attached hydrogens (tertiary/aromatic N) is 3. The molecule has 234 valence electrons. The van der Waals surface area contributed by atoms with Crippen molar-refractivity contribution in [2.75, 3.05) is 6.54 Å². The largest absolute Gasteiger partial charge is 0.459 e. The Balaban J connectivity index is 1.29. The lowest BCUT2D eigenvalue weighted by Gasteiger charge is -2.20. The molecule has 0 radical (unpaired) electrons. The Hall–Kier alpha value is -5.20. The van der Waals surface area contributed by atoms with E-state index in [9.17, 15) is 28.0 Å². The standard InChI is InChI=1S/C32H32F2N6O5/c1-17-19-8-10-24(21(19)7-6-20(17)29(42)36-16-28(41)45-32(2,3)4)39-31(44)26-14-25(38-27-11-12-37-40(26)27)30(43)35-15-18-5-9-22(33)23(34)13-18/h5-7,9,11-14,24H,8,10,15-16H2,1-4H3,(H,35,43)(H,36,42)(H,39,44)/t24-/m0/s1. The quantitative estimate of drug-likeness (QED) is 0.255. The SMILES string of the molecule is Cc1c(C(=O)NCC(=O)OC(C)(C)C)ccc2c1CC[C@@H]2NC(=O)c1cc(C(=O)NCc2ccc(F)c(F)c2)nc2ccnn12. The zero-order valence-electron chi connectivity index (χ0n) is 25.2. The van der Waals surface area contributed by atoms with Crippen molar-refractivity contribution in [3.8, 4) is 0 Å². The highest BCUT2D eigenvalue weighted by Gasteiger charge is 2.29. The predicted molar refractivity (Wildman–Crippen MR) is 158 cm³/mol. The van der Waals surface area contributed by atoms with E-state index in [1.165, 1.54) is 22.8 Å². The lowest BCUT2D eigenvalue weighted by atomic mass is 9.97. The van der Waals surface area contributed by atoms with Gasteiger partial charge in [-0.2, -0.15) is 5.10 Å². The molecule has 0 aliphatic heterocycles. The number of nitrogens with one attached hydrogen (secondary N) is 3. The molecule has 2 aromatic carbocycles. The smallest absolute Gasteiger partial charge is 0.325 e. The number of ether oxygens (including phenoxy) is 1. The lowest BCUT2D eigenvalue weighted by Crippen LogP contribution is -2.35. The molecule has 0 saturated heterocycles. The molecule has 0 spiro atoms. The number of aromatic nitrogens is 3. The molecular weight excluding hydrogens is 586 g/mol. The highest BCUT2D eigenvalue weighted by atomic mass is 19.2. The maximum atomic E-state index is 13.6. The Morgan fingerprint density at radius 2 is 1.76 bits per heavy atom. The molecule has 0 saturated carbocycles. The van der Waals surface area contributed by atoms with Gasteiger partial charge in [0.15, 0.2) is 17.3 Å². The topological polar surface area (TPSA) is 144 Å². The van der Waals surface area contributed by atoms with Crippen molar-refractivity contribution in [3.63, 3.8) is 0 Å². The van der Waals surface area contributed by atoms with Crippen LogP contribution in [-0.2, 0) is 22.5 Å². The summed E-state index contributed by atoms with van der Waals surface area (Å²) in [5.41, 5.74) is 2.95. The van der Waals surface area contributed by atoms with E-state index >= 15 is 0 Å². The molecule has 4 aromatic rings. The fourth-order valence-corrected chi connectivity index (χ4v) is 5.25. The van der Waals surface area contributed by atoms with E-state index in [0.29, 0.717) is 24.0 Å². The molecule has 3 N–H and O–H groups in total. The fraction of sp³-hybridized carbons (Fsp3) is 0.312. The van der Waals surface area contributed by atoms with Crippen LogP contribution in [0.4, 0.5) is 8.78 Å². The van der Waals surface area contributed by atoms with E-state index < -0.39 is 40.9 Å². The summed E-state index contributed by atoms with van der Waals surface area (Å²) in [5.74, 6) is -4.06. The second-order valence-corrected chi connectivity index (χ2v) is 11.7. The van der Waals surface area contributed by atoms with Crippen LogP contribution in [0.1, 0.15) is 86.8 Å². The van der Waals surface area contributed by atoms with E-state index in [-0.39, 0.29) is 36.2 Å². The average Bonchev–Trinajstić information content (AvgIpc) is 3.62. The van der Waals surface area contributed by atoms with Gasteiger partial charge in [-0.3, -0.25) is 19.2 Å². The fourth-order valence-electron chi connectivity index (χ4n) is 5.25. The Morgan fingerprint density at radius 1 is 0.978 bits per heavy atom. The number of carbonyl (C=O) groups excluding carboxylic acids is 4. The van der Waals surface area contributed by atoms with Crippen LogP contribution in [0.25, 0.3) is 5.65 Å². The van der Waals surface area contributed by atoms with E-state index in [0.717, 1.165) is 28.8 Å². The van der Waals surface area contributed by atoms with E-state index in [2.05, 4.69) is 26.0 Å². The molecule has 2 heterocycles. The van der Waals surface area contributed by atoms with Crippen LogP contribution < -0.4 is 16.0 Å². The van der Waals surface area contributed by atoms with Crippen molar-refractivity contribution in [1.29, 1.82) is 0 Å². The number of amides is 3. The molecule has 11 nitrogen and oxygen atoms in total. The van der Waals surface area contributed by atoms with Crippen LogP contribution in [-0.4, -0.2) is 50.4 Å². The molecule has 0 unspecified atom stereocenters. The Bertz CT molecular complexity index is 1830. The first-order valence-corrected chi connectivity index (χ1v) is 14.3. The van der Waals surface area contributed by atoms with Gasteiger partial charge in [0.2, 0.25) is 0 Å². The van der Waals surface area contributed by atoms with Gasteiger partial charge in [0, 0.05) is 24.2 Å². The number of carbonyl (C=O) groups is 4. The molecule has 45 heavy (non-hydrogen) atoms. The third kappa shape index (κ3) is 6.97. The normalized spacial score (nSPS) is 14.1. The average molecular weight is 619 g/mol. The molecule has 0 fully saturated rings. The van der Waals surface area contributed by atoms with Crippen LogP contribution >= 0.6 is 0 Å². The number of benzene rings is 2. The third-order valence-electron chi connectivity index (χ3n) is 7.32. The van der Waals surface area contributed by atoms with Gasteiger partial charge >= 0.3 is 5.97 Å². The van der Waals surface area contributed by atoms with Crippen LogP contribution in [0.15, 0.2) is 48.7 Å². The molecule has 13 heteroatoms. The van der Waals surface area contributed by atoms with Crippen molar-refractivity contribution < 1.29 is 32.7 Å². The summed E-state index contributed by atoms with van der Waals surface area (Å²) in [6.07, 6.45) is 2.65. The van der Waals surface area contributed by atoms with Gasteiger partial charge in [0.05, 0.1) is 12.2 Å². The third-order valence-corrected chi connectivity index (χ3v) is 7.32. The van der Waals surface area contributed by atoms with E-state index in [4.69, 9.17) is 4.74 Å². The monoisotopic (exact) mass is 618 g/mol. The summed E-state index contributed by atoms with van der Waals surface area (Å²) in [7, 11) is 0. The molecule has 1 aliphatic carbocycles. The summed E-state index contributed by atoms with van der Waals surface area (Å²) in [5, 5.41) is 12.4. The van der Waals surface area contributed by atoms with Crippen LogP contribution in [0.3, 0.4) is 0 Å². The minimum atomic E-state index is -1.03. The maximum absolute atomic E-state index is 13.6. The first-order chi connectivity index (χ1) is 21.3. The van der Waals surface area contributed by atoms with Crippen molar-refractivity contribution in [3.05, 3.63) is 99.5 Å². The number of esters is 1. The van der Waals surface area contributed by atoms with Crippen LogP contribution in [0.2, 0.25) is 0 Å². The number of fused-ring (bicyclic) bond motifs is 2. The van der Waals surface area contributed by atoms with E-state index in [1.807, 2.05) is 6.92 Å². The summed E-state index contributed by atoms with van der Waals surface area (Å²) in [4.78, 5) is 55.6. The number of hydrogen-bond acceptors (Lipinski definition) is 7. The van der Waals surface area contributed by atoms with Crippen molar-refractivity contribution >= 4 is 29.3 Å². The van der Waals surface area contributed by atoms with Gasteiger partial charge in [-0.15, -0.1) is 0 Å². The van der Waals surface area contributed by atoms with E-state index in [1.54, 1.807) is 39.0 Å². The molecule has 0 bridgehead atoms. The molecule has 2 aromatic heterocycles. The first kappa shape index (κ1) is 31.2. The van der Waals surface area contributed by atoms with Gasteiger partial charge in [-0.25, -0.2) is 18.3 Å². The Morgan fingerprint density at radius 3 is 2.49 bits per heavy atom. The van der Waals surface area contributed by atoms with Gasteiger partial charge in [0.1, 0.15) is 23.5 Å². The van der Waals surface area contributed by atoms with Crippen LogP contribution in [0, 0.1) is 18.6 Å². The Kier molecular flexibility index (Phi) is 8.62. The highest BCUT2D eigenvalue weighted by molar-refractivity contribution is 5.99. The summed E-state index contributed by atoms with van der Waals surface area (Å²) < 4.78 is 33.4. The summed E-state index contributed by atoms with van der Waals surface area (Å²) in [6.45, 7) is 6.73. The number of hydrogen-bond donors (Lipinski definition) is 3. The first-order valence-electron chi connectivity index (χ1n) is 14.3. The lowest BCUT2D eigenvalue weighted by molar-refractivity contribution is -0.153. The van der Waals surface area contributed by atoms with Gasteiger partial charge in [-0.05, 0) is 81.0 Å². The zero-order chi connectivity index (χ0) is 32.5. The number of halogens is 2. The maximum Gasteiger partial charge on any atom is 0.325 e. The van der Waals surface area contributed by atoms with Crippen molar-refractivity contribution in [1.82, 2.24) is 30.5 Å². The molecule has 1 atom stereocenters. The number of rotatable bonds is 8. The zero-order valence-corrected chi connectivity index (χ0v) is 25.2. The summed E-state index contributed by atoms with van der Waals surface area (Å²) in [6, 6.07) is 9.26. The van der Waals surface area contributed by atoms with Crippen molar-refractivity contribution in [2.24, 2.45) is 0 Å². The second-order valence-electron chi connectivity index (χ2n) is 11.7. The molecule has 3 amide bonds. The Labute approximate surface area is 257 Å². The van der Waals surface area contributed by atoms with Gasteiger partial charge < -0.3 is 20.7 Å². The minimum absolute atomic E-state index is 0.0552. The molecule has 5 rings (SSSR count). The second kappa shape index (κ2) is 12.4. The van der Waals surface area contributed by atoms with Gasteiger partial charge in [-0.1, -0.05) is 12.1 Å². The van der Waals surface area contributed by atoms with Gasteiger partial charge in [0.25, 0.3) is 17.7 Å². The summed E-state index contributed by atoms with van der Waals surface area (Å²) >= 11 is 0. The highest BCUT2D eigenvalue weighted by Crippen LogP contribution is 2.35. The minimum Gasteiger partial charge on any atom is -0.459 e. The molecule has 1 aliphatic rings. The van der Waals surface area contributed by atoms with Crippen molar-refractivity contribution in [2.45, 2.75) is 58.7 Å².